The Morgan fingerprint density at radius 1 is 1.12 bits per heavy atom. The lowest BCUT2D eigenvalue weighted by Crippen LogP contribution is -2.17. The molecular formula is C16H11ClF3N3O2. The summed E-state index contributed by atoms with van der Waals surface area (Å²) in [6.07, 6.45) is -4.76. The first kappa shape index (κ1) is 17.2. The lowest BCUT2D eigenvalue weighted by molar-refractivity contribution is -0.274. The van der Waals surface area contributed by atoms with Gasteiger partial charge in [0.1, 0.15) is 17.1 Å². The van der Waals surface area contributed by atoms with E-state index < -0.39 is 6.36 Å². The number of hydrogen-bond acceptors (Lipinski definition) is 4. The van der Waals surface area contributed by atoms with Gasteiger partial charge in [-0.15, -0.1) is 18.3 Å². The molecular weight excluding hydrogens is 359 g/mol. The number of rotatable bonds is 4. The molecule has 0 radical (unpaired) electrons. The molecule has 2 aromatic carbocycles. The first-order valence-electron chi connectivity index (χ1n) is 7.05. The van der Waals surface area contributed by atoms with Crippen LogP contribution in [0.3, 0.4) is 0 Å². The van der Waals surface area contributed by atoms with Crippen molar-refractivity contribution >= 4 is 11.6 Å². The van der Waals surface area contributed by atoms with Crippen LogP contribution in [-0.2, 0) is 6.61 Å². The molecule has 1 N–H and O–H groups in total. The number of halogens is 4. The van der Waals surface area contributed by atoms with Gasteiger partial charge in [-0.2, -0.15) is 0 Å². The van der Waals surface area contributed by atoms with Crippen LogP contribution in [-0.4, -0.2) is 26.5 Å². The van der Waals surface area contributed by atoms with E-state index in [1.807, 2.05) is 0 Å². The first-order chi connectivity index (χ1) is 11.9. The Morgan fingerprint density at radius 3 is 2.44 bits per heavy atom. The van der Waals surface area contributed by atoms with Gasteiger partial charge >= 0.3 is 6.36 Å². The van der Waals surface area contributed by atoms with Gasteiger partial charge in [0.05, 0.1) is 12.3 Å². The predicted molar refractivity (Wildman–Crippen MR) is 84.4 cm³/mol. The van der Waals surface area contributed by atoms with Crippen molar-refractivity contribution in [3.05, 3.63) is 59.2 Å². The van der Waals surface area contributed by atoms with Gasteiger partial charge in [-0.05, 0) is 36.4 Å². The van der Waals surface area contributed by atoms with Crippen molar-refractivity contribution in [2.75, 3.05) is 0 Å². The first-order valence-corrected chi connectivity index (χ1v) is 7.43. The zero-order valence-corrected chi connectivity index (χ0v) is 13.3. The van der Waals surface area contributed by atoms with Gasteiger partial charge in [-0.1, -0.05) is 28.9 Å². The lowest BCUT2D eigenvalue weighted by Gasteiger charge is -2.11. The highest BCUT2D eigenvalue weighted by Gasteiger charge is 2.31. The van der Waals surface area contributed by atoms with Crippen LogP contribution in [0.4, 0.5) is 13.2 Å². The van der Waals surface area contributed by atoms with Crippen LogP contribution in [0.25, 0.3) is 16.9 Å². The fourth-order valence-electron chi connectivity index (χ4n) is 2.31. The van der Waals surface area contributed by atoms with Crippen molar-refractivity contribution in [1.29, 1.82) is 0 Å². The van der Waals surface area contributed by atoms with Crippen LogP contribution < -0.4 is 4.74 Å². The van der Waals surface area contributed by atoms with Crippen molar-refractivity contribution < 1.29 is 23.0 Å². The Balaban J connectivity index is 2.02. The van der Waals surface area contributed by atoms with E-state index >= 15 is 0 Å². The molecule has 0 aliphatic heterocycles. The van der Waals surface area contributed by atoms with Gasteiger partial charge in [-0.25, -0.2) is 4.68 Å². The Kier molecular flexibility index (Phi) is 4.65. The third-order valence-corrected chi connectivity index (χ3v) is 3.54. The Morgan fingerprint density at radius 2 is 1.84 bits per heavy atom. The van der Waals surface area contributed by atoms with Gasteiger partial charge in [-0.3, -0.25) is 0 Å². The summed E-state index contributed by atoms with van der Waals surface area (Å²) in [5, 5.41) is 17.9. The molecule has 0 spiro atoms. The van der Waals surface area contributed by atoms with Crippen LogP contribution in [0.5, 0.6) is 5.75 Å². The fraction of sp³-hybridized carbons (Fsp3) is 0.125. The van der Waals surface area contributed by atoms with Gasteiger partial charge in [0.25, 0.3) is 0 Å². The summed E-state index contributed by atoms with van der Waals surface area (Å²) in [5.74, 6) is -0.344. The quantitative estimate of drug-likeness (QED) is 0.755. The second kappa shape index (κ2) is 6.73. The highest BCUT2D eigenvalue weighted by molar-refractivity contribution is 6.30. The minimum absolute atomic E-state index is 0.317. The summed E-state index contributed by atoms with van der Waals surface area (Å²) in [6, 6.07) is 12.0. The van der Waals surface area contributed by atoms with Crippen molar-refractivity contribution in [3.63, 3.8) is 0 Å². The molecule has 0 unspecified atom stereocenters. The maximum absolute atomic E-state index is 12.2. The average molecular weight is 370 g/mol. The van der Waals surface area contributed by atoms with E-state index in [-0.39, 0.29) is 12.4 Å². The van der Waals surface area contributed by atoms with Crippen molar-refractivity contribution in [1.82, 2.24) is 15.0 Å². The predicted octanol–water partition coefficient (Wildman–Crippen LogP) is 3.98. The van der Waals surface area contributed by atoms with E-state index in [4.69, 9.17) is 11.6 Å². The normalized spacial score (nSPS) is 11.6. The number of aromatic nitrogens is 3. The van der Waals surface area contributed by atoms with Crippen LogP contribution in [0.1, 0.15) is 5.69 Å². The summed E-state index contributed by atoms with van der Waals surface area (Å²) in [4.78, 5) is 0. The molecule has 0 fully saturated rings. The zero-order valence-electron chi connectivity index (χ0n) is 12.5. The monoisotopic (exact) mass is 369 g/mol. The maximum atomic E-state index is 12.2. The molecule has 3 aromatic rings. The van der Waals surface area contributed by atoms with Crippen molar-refractivity contribution in [3.8, 4) is 22.7 Å². The molecule has 0 bridgehead atoms. The standard InChI is InChI=1S/C16H11ClF3N3O2/c17-11-3-1-2-10(8-11)15-14(9-24)21-22-23(15)12-4-6-13(7-5-12)25-16(18,19)20/h1-8,24H,9H2. The van der Waals surface area contributed by atoms with Crippen LogP contribution in [0, 0.1) is 0 Å². The minimum Gasteiger partial charge on any atom is -0.406 e. The molecule has 3 rings (SSSR count). The molecule has 0 atom stereocenters. The largest absolute Gasteiger partial charge is 0.573 e. The highest BCUT2D eigenvalue weighted by atomic mass is 35.5. The molecule has 0 amide bonds. The zero-order chi connectivity index (χ0) is 18.0. The third-order valence-electron chi connectivity index (χ3n) is 3.30. The fourth-order valence-corrected chi connectivity index (χ4v) is 2.50. The summed E-state index contributed by atoms with van der Waals surface area (Å²) in [5.41, 5.74) is 1.93. The van der Waals surface area contributed by atoms with E-state index in [2.05, 4.69) is 15.0 Å². The Bertz CT molecular complexity index is 879. The average Bonchev–Trinajstić information content (AvgIpc) is 2.98. The maximum Gasteiger partial charge on any atom is 0.573 e. The molecule has 5 nitrogen and oxygen atoms in total. The summed E-state index contributed by atoms with van der Waals surface area (Å²) in [7, 11) is 0. The third kappa shape index (κ3) is 3.92. The number of alkyl halides is 3. The molecule has 1 aromatic heterocycles. The molecule has 0 saturated carbocycles. The van der Waals surface area contributed by atoms with Crippen LogP contribution in [0.2, 0.25) is 5.02 Å². The minimum atomic E-state index is -4.76. The smallest absolute Gasteiger partial charge is 0.406 e. The molecule has 130 valence electrons. The van der Waals surface area contributed by atoms with E-state index in [1.165, 1.54) is 28.9 Å². The number of nitrogens with zero attached hydrogens (tertiary/aromatic N) is 3. The molecule has 0 aliphatic carbocycles. The van der Waals surface area contributed by atoms with E-state index in [0.29, 0.717) is 27.7 Å². The summed E-state index contributed by atoms with van der Waals surface area (Å²) >= 11 is 6.00. The number of aliphatic hydroxyl groups is 1. The highest BCUT2D eigenvalue weighted by Crippen LogP contribution is 2.29. The Labute approximate surface area is 145 Å². The molecule has 0 aliphatic rings. The number of benzene rings is 2. The molecule has 1 heterocycles. The van der Waals surface area contributed by atoms with Gasteiger partial charge < -0.3 is 9.84 Å². The summed E-state index contributed by atoms with van der Waals surface area (Å²) < 4.78 is 42.0. The van der Waals surface area contributed by atoms with Crippen LogP contribution >= 0.6 is 11.6 Å². The van der Waals surface area contributed by atoms with Crippen LogP contribution in [0.15, 0.2) is 48.5 Å². The number of aliphatic hydroxyl groups excluding tert-OH is 1. The van der Waals surface area contributed by atoms with Gasteiger partial charge in [0, 0.05) is 10.6 Å². The Hall–Kier alpha value is -2.58. The van der Waals surface area contributed by atoms with E-state index in [0.717, 1.165) is 0 Å². The van der Waals surface area contributed by atoms with E-state index in [1.54, 1.807) is 24.3 Å². The lowest BCUT2D eigenvalue weighted by atomic mass is 10.1. The topological polar surface area (TPSA) is 60.2 Å². The van der Waals surface area contributed by atoms with Gasteiger partial charge in [0.2, 0.25) is 0 Å². The summed E-state index contributed by atoms with van der Waals surface area (Å²) in [6.45, 7) is -0.350. The second-order valence-corrected chi connectivity index (χ2v) is 5.44. The van der Waals surface area contributed by atoms with Crippen molar-refractivity contribution in [2.24, 2.45) is 0 Å². The number of ether oxygens (including phenoxy) is 1. The number of hydrogen-bond donors (Lipinski definition) is 1. The molecule has 0 saturated heterocycles. The second-order valence-electron chi connectivity index (χ2n) is 5.01. The van der Waals surface area contributed by atoms with Crippen molar-refractivity contribution in [2.45, 2.75) is 13.0 Å². The molecule has 9 heteroatoms. The molecule has 25 heavy (non-hydrogen) atoms. The van der Waals surface area contributed by atoms with E-state index in [9.17, 15) is 18.3 Å². The van der Waals surface area contributed by atoms with Gasteiger partial charge in [0.15, 0.2) is 0 Å². The SMILES string of the molecule is OCc1nnn(-c2ccc(OC(F)(F)F)cc2)c1-c1cccc(Cl)c1.